The van der Waals surface area contributed by atoms with Gasteiger partial charge in [-0.15, -0.1) is 6.58 Å². The minimum atomic E-state index is -0.495. The number of benzene rings is 2. The second kappa shape index (κ2) is 11.0. The molecule has 2 aromatic rings. The van der Waals surface area contributed by atoms with E-state index in [9.17, 15) is 9.90 Å². The highest BCUT2D eigenvalue weighted by atomic mass is 16.5. The number of hydrogen-bond acceptors (Lipinski definition) is 4. The van der Waals surface area contributed by atoms with Crippen molar-refractivity contribution >= 4 is 5.91 Å². The molecule has 4 atom stereocenters. The quantitative estimate of drug-likeness (QED) is 0.558. The fourth-order valence-electron chi connectivity index (χ4n) is 6.31. The molecule has 1 unspecified atom stereocenters. The third-order valence-electron chi connectivity index (χ3n) is 7.93. The lowest BCUT2D eigenvalue weighted by atomic mass is 9.56. The Morgan fingerprint density at radius 3 is 2.71 bits per heavy atom. The molecule has 2 fully saturated rings. The van der Waals surface area contributed by atoms with E-state index in [2.05, 4.69) is 37.5 Å². The number of amides is 1. The predicted octanol–water partition coefficient (Wildman–Crippen LogP) is 4.76. The SMILES string of the molecule is C=CCN1CC[C@@]2(c3cccc(OC)c3)C[C@@H](N(CC(C)C)C(=O)c3ccccc3)CC(O)[C@@H]2C1. The van der Waals surface area contributed by atoms with E-state index in [0.29, 0.717) is 24.4 Å². The molecule has 5 heteroatoms. The van der Waals surface area contributed by atoms with Crippen molar-refractivity contribution in [2.24, 2.45) is 11.8 Å². The molecule has 1 heterocycles. The third kappa shape index (κ3) is 5.31. The molecule has 2 aliphatic rings. The molecule has 0 spiro atoms. The average Bonchev–Trinajstić information content (AvgIpc) is 2.87. The second-order valence-corrected chi connectivity index (χ2v) is 10.7. The van der Waals surface area contributed by atoms with Crippen molar-refractivity contribution in [1.29, 1.82) is 0 Å². The largest absolute Gasteiger partial charge is 0.497 e. The second-order valence-electron chi connectivity index (χ2n) is 10.7. The Labute approximate surface area is 210 Å². The van der Waals surface area contributed by atoms with Gasteiger partial charge in [-0.2, -0.15) is 0 Å². The van der Waals surface area contributed by atoms with Gasteiger partial charge < -0.3 is 14.7 Å². The highest BCUT2D eigenvalue weighted by Crippen LogP contribution is 2.51. The molecule has 0 radical (unpaired) electrons. The molecule has 188 valence electrons. The molecular formula is C30H40N2O3. The molecule has 4 rings (SSSR count). The molecule has 1 amide bonds. The highest BCUT2D eigenvalue weighted by Gasteiger charge is 2.53. The lowest BCUT2D eigenvalue weighted by Crippen LogP contribution is -2.61. The monoisotopic (exact) mass is 476 g/mol. The van der Waals surface area contributed by atoms with E-state index in [1.54, 1.807) is 7.11 Å². The number of rotatable bonds is 8. The molecule has 1 aliphatic carbocycles. The summed E-state index contributed by atoms with van der Waals surface area (Å²) in [6, 6.07) is 17.9. The summed E-state index contributed by atoms with van der Waals surface area (Å²) in [7, 11) is 1.70. The fraction of sp³-hybridized carbons (Fsp3) is 0.500. The maximum atomic E-state index is 13.7. The van der Waals surface area contributed by atoms with Gasteiger partial charge in [0.25, 0.3) is 5.91 Å². The smallest absolute Gasteiger partial charge is 0.254 e. The number of piperidine rings is 1. The first-order chi connectivity index (χ1) is 16.9. The van der Waals surface area contributed by atoms with Crippen molar-refractivity contribution in [3.63, 3.8) is 0 Å². The van der Waals surface area contributed by atoms with Crippen LogP contribution in [0.25, 0.3) is 0 Å². The Kier molecular flexibility index (Phi) is 7.98. The molecule has 1 saturated carbocycles. The van der Waals surface area contributed by atoms with Crippen molar-refractivity contribution in [2.75, 3.05) is 33.3 Å². The first-order valence-corrected chi connectivity index (χ1v) is 12.9. The van der Waals surface area contributed by atoms with Gasteiger partial charge in [0.1, 0.15) is 5.75 Å². The van der Waals surface area contributed by atoms with Crippen LogP contribution in [0.4, 0.5) is 0 Å². The van der Waals surface area contributed by atoms with Crippen LogP contribution < -0.4 is 4.74 Å². The van der Waals surface area contributed by atoms with E-state index in [4.69, 9.17) is 4.74 Å². The molecule has 1 aliphatic heterocycles. The molecule has 0 aromatic heterocycles. The number of likely N-dealkylation sites (tertiary alicyclic amines) is 1. The number of carbonyl (C=O) groups excluding carboxylic acids is 1. The van der Waals surface area contributed by atoms with E-state index in [-0.39, 0.29) is 23.3 Å². The Morgan fingerprint density at radius 2 is 2.03 bits per heavy atom. The summed E-state index contributed by atoms with van der Waals surface area (Å²) >= 11 is 0. The Hall–Kier alpha value is -2.63. The first kappa shape index (κ1) is 25.5. The number of ether oxygens (including phenoxy) is 1. The van der Waals surface area contributed by atoms with Gasteiger partial charge in [-0.25, -0.2) is 0 Å². The summed E-state index contributed by atoms with van der Waals surface area (Å²) in [5.41, 5.74) is 1.70. The van der Waals surface area contributed by atoms with Crippen molar-refractivity contribution in [1.82, 2.24) is 9.80 Å². The lowest BCUT2D eigenvalue weighted by Gasteiger charge is -2.56. The topological polar surface area (TPSA) is 53.0 Å². The summed E-state index contributed by atoms with van der Waals surface area (Å²) in [5, 5.41) is 11.6. The van der Waals surface area contributed by atoms with Gasteiger partial charge in [0.2, 0.25) is 0 Å². The molecule has 0 bridgehead atoms. The van der Waals surface area contributed by atoms with Crippen LogP contribution in [0.3, 0.4) is 0 Å². The third-order valence-corrected chi connectivity index (χ3v) is 7.93. The normalized spacial score (nSPS) is 26.7. The molecule has 2 aromatic carbocycles. The number of nitrogens with zero attached hydrogens (tertiary/aromatic N) is 2. The molecule has 35 heavy (non-hydrogen) atoms. The van der Waals surface area contributed by atoms with Crippen LogP contribution in [0, 0.1) is 11.8 Å². The van der Waals surface area contributed by atoms with E-state index in [1.165, 1.54) is 5.56 Å². The zero-order valence-corrected chi connectivity index (χ0v) is 21.4. The number of aliphatic hydroxyl groups excluding tert-OH is 1. The lowest BCUT2D eigenvalue weighted by molar-refractivity contribution is -0.0630. The van der Waals surface area contributed by atoms with Crippen molar-refractivity contribution in [3.05, 3.63) is 78.4 Å². The molecule has 1 saturated heterocycles. The van der Waals surface area contributed by atoms with Gasteiger partial charge in [0.15, 0.2) is 0 Å². The van der Waals surface area contributed by atoms with E-state index in [1.807, 2.05) is 53.4 Å². The maximum absolute atomic E-state index is 13.7. The van der Waals surface area contributed by atoms with Gasteiger partial charge in [-0.05, 0) is 61.6 Å². The van der Waals surface area contributed by atoms with Gasteiger partial charge in [0, 0.05) is 42.6 Å². The van der Waals surface area contributed by atoms with Crippen LogP contribution in [-0.2, 0) is 5.41 Å². The van der Waals surface area contributed by atoms with Crippen LogP contribution in [0.2, 0.25) is 0 Å². The van der Waals surface area contributed by atoms with Crippen molar-refractivity contribution < 1.29 is 14.6 Å². The minimum absolute atomic E-state index is 0.0338. The molecular weight excluding hydrogens is 436 g/mol. The van der Waals surface area contributed by atoms with Gasteiger partial charge in [-0.3, -0.25) is 9.69 Å². The van der Waals surface area contributed by atoms with Gasteiger partial charge >= 0.3 is 0 Å². The van der Waals surface area contributed by atoms with E-state index < -0.39 is 6.10 Å². The number of hydrogen-bond donors (Lipinski definition) is 1. The number of carbonyl (C=O) groups is 1. The standard InChI is InChI=1S/C30H40N2O3/c1-5-15-31-16-14-30(24-12-9-13-26(17-24)35-4)19-25(18-28(33)27(30)21-31)32(20-22(2)3)29(34)23-10-7-6-8-11-23/h5-13,17,22,25,27-28,33H,1,14-16,18-21H2,2-4H3/t25-,27-,28?,30-/m0/s1. The maximum Gasteiger partial charge on any atom is 0.254 e. The molecule has 1 N–H and O–H groups in total. The fourth-order valence-corrected chi connectivity index (χ4v) is 6.31. The van der Waals surface area contributed by atoms with E-state index >= 15 is 0 Å². The number of methoxy groups -OCH3 is 1. The zero-order chi connectivity index (χ0) is 25.0. The van der Waals surface area contributed by atoms with Crippen molar-refractivity contribution in [3.8, 4) is 5.75 Å². The Bertz CT molecular complexity index is 1010. The van der Waals surface area contributed by atoms with Crippen molar-refractivity contribution in [2.45, 2.75) is 50.7 Å². The minimum Gasteiger partial charge on any atom is -0.497 e. The van der Waals surface area contributed by atoms with Crippen LogP contribution in [0.1, 0.15) is 49.0 Å². The predicted molar refractivity (Wildman–Crippen MR) is 141 cm³/mol. The Balaban J connectivity index is 1.73. The highest BCUT2D eigenvalue weighted by molar-refractivity contribution is 5.94. The Morgan fingerprint density at radius 1 is 1.26 bits per heavy atom. The number of fused-ring (bicyclic) bond motifs is 1. The molecule has 5 nitrogen and oxygen atoms in total. The zero-order valence-electron chi connectivity index (χ0n) is 21.4. The van der Waals surface area contributed by atoms with Crippen LogP contribution in [-0.4, -0.2) is 66.2 Å². The van der Waals surface area contributed by atoms with Crippen LogP contribution in [0.5, 0.6) is 5.75 Å². The van der Waals surface area contributed by atoms with E-state index in [0.717, 1.165) is 38.2 Å². The average molecular weight is 477 g/mol. The summed E-state index contributed by atoms with van der Waals surface area (Å²) in [5.74, 6) is 1.31. The number of aliphatic hydroxyl groups is 1. The van der Waals surface area contributed by atoms with Gasteiger partial charge in [0.05, 0.1) is 13.2 Å². The summed E-state index contributed by atoms with van der Waals surface area (Å²) < 4.78 is 5.58. The summed E-state index contributed by atoms with van der Waals surface area (Å²) in [6.45, 7) is 11.5. The van der Waals surface area contributed by atoms with Gasteiger partial charge in [-0.1, -0.05) is 50.3 Å². The van der Waals surface area contributed by atoms with Crippen LogP contribution in [0.15, 0.2) is 67.3 Å². The summed E-state index contributed by atoms with van der Waals surface area (Å²) in [4.78, 5) is 18.2. The van der Waals surface area contributed by atoms with Crippen LogP contribution >= 0.6 is 0 Å². The summed E-state index contributed by atoms with van der Waals surface area (Å²) in [6.07, 6.45) is 3.82. The first-order valence-electron chi connectivity index (χ1n) is 12.9.